The Labute approximate surface area is 83.0 Å². The van der Waals surface area contributed by atoms with Crippen molar-refractivity contribution < 1.29 is 4.79 Å². The maximum absolute atomic E-state index is 11.0. The van der Waals surface area contributed by atoms with Crippen molar-refractivity contribution in [2.75, 3.05) is 0 Å². The monoisotopic (exact) mass is 194 g/mol. The fourth-order valence-electron chi connectivity index (χ4n) is 0.911. The summed E-state index contributed by atoms with van der Waals surface area (Å²) in [4.78, 5) is 11.0. The number of halogens is 1. The Hall–Kier alpha value is -1.08. The van der Waals surface area contributed by atoms with E-state index in [0.29, 0.717) is 11.4 Å². The molecule has 0 N–H and O–H groups in total. The van der Waals surface area contributed by atoms with Crippen LogP contribution in [0.3, 0.4) is 0 Å². The van der Waals surface area contributed by atoms with E-state index in [1.807, 2.05) is 25.1 Å². The summed E-state index contributed by atoms with van der Waals surface area (Å²) in [6, 6.07) is 7.43. The molecule has 1 nitrogen and oxygen atoms in total. The van der Waals surface area contributed by atoms with E-state index in [4.69, 9.17) is 11.6 Å². The van der Waals surface area contributed by atoms with Gasteiger partial charge >= 0.3 is 0 Å². The number of ketones is 1. The van der Waals surface area contributed by atoms with E-state index in [9.17, 15) is 4.79 Å². The van der Waals surface area contributed by atoms with Gasteiger partial charge in [-0.25, -0.2) is 0 Å². The first-order chi connectivity index (χ1) is 6.24. The van der Waals surface area contributed by atoms with E-state index in [-0.39, 0.29) is 5.78 Å². The van der Waals surface area contributed by atoms with Crippen LogP contribution < -0.4 is 0 Å². The molecule has 0 aliphatic heterocycles. The topological polar surface area (TPSA) is 17.1 Å². The third kappa shape index (κ3) is 3.03. The number of hydrogen-bond donors (Lipinski definition) is 0. The van der Waals surface area contributed by atoms with Crippen LogP contribution in [-0.4, -0.2) is 5.78 Å². The predicted molar refractivity (Wildman–Crippen MR) is 55.8 cm³/mol. The first kappa shape index (κ1) is 10.0. The Balaban J connectivity index is 2.80. The summed E-state index contributed by atoms with van der Waals surface area (Å²) < 4.78 is 0. The molecule has 13 heavy (non-hydrogen) atoms. The van der Waals surface area contributed by atoms with Gasteiger partial charge in [0.2, 0.25) is 0 Å². The van der Waals surface area contributed by atoms with E-state index in [0.717, 1.165) is 5.56 Å². The Morgan fingerprint density at radius 2 is 2.15 bits per heavy atom. The maximum Gasteiger partial charge on any atom is 0.155 e. The Kier molecular flexibility index (Phi) is 3.71. The highest BCUT2D eigenvalue weighted by Crippen LogP contribution is 2.16. The lowest BCUT2D eigenvalue weighted by molar-refractivity contribution is -0.114. The van der Waals surface area contributed by atoms with Gasteiger partial charge in [-0.1, -0.05) is 36.7 Å². The summed E-state index contributed by atoms with van der Waals surface area (Å²) in [5, 5.41) is 0.669. The van der Waals surface area contributed by atoms with Gasteiger partial charge < -0.3 is 0 Å². The van der Waals surface area contributed by atoms with Crippen LogP contribution in [0, 0.1) is 0 Å². The summed E-state index contributed by atoms with van der Waals surface area (Å²) in [6.45, 7) is 1.83. The highest BCUT2D eigenvalue weighted by molar-refractivity contribution is 6.32. The molecule has 1 aromatic carbocycles. The van der Waals surface area contributed by atoms with Gasteiger partial charge in [-0.3, -0.25) is 4.79 Å². The van der Waals surface area contributed by atoms with Gasteiger partial charge in [0.25, 0.3) is 0 Å². The average Bonchev–Trinajstić information content (AvgIpc) is 2.16. The molecular formula is C11H11ClO. The molecule has 0 aliphatic carbocycles. The number of benzene rings is 1. The predicted octanol–water partition coefficient (Wildman–Crippen LogP) is 3.33. The highest BCUT2D eigenvalue weighted by Gasteiger charge is 1.94. The van der Waals surface area contributed by atoms with Gasteiger partial charge in [-0.05, 0) is 23.8 Å². The summed E-state index contributed by atoms with van der Waals surface area (Å²) >= 11 is 5.89. The lowest BCUT2D eigenvalue weighted by atomic mass is 10.2. The molecule has 0 aliphatic rings. The van der Waals surface area contributed by atoms with E-state index >= 15 is 0 Å². The summed E-state index contributed by atoms with van der Waals surface area (Å²) in [7, 11) is 0. The lowest BCUT2D eigenvalue weighted by Crippen LogP contribution is -1.86. The van der Waals surface area contributed by atoms with Gasteiger partial charge in [0.1, 0.15) is 0 Å². The molecule has 0 amide bonds. The number of hydrogen-bond acceptors (Lipinski definition) is 1. The minimum atomic E-state index is 0.111. The molecule has 0 saturated carbocycles. The molecule has 1 aromatic rings. The van der Waals surface area contributed by atoms with Crippen molar-refractivity contribution in [1.29, 1.82) is 0 Å². The van der Waals surface area contributed by atoms with Crippen LogP contribution >= 0.6 is 11.6 Å². The van der Waals surface area contributed by atoms with Crippen molar-refractivity contribution in [2.24, 2.45) is 0 Å². The van der Waals surface area contributed by atoms with Crippen molar-refractivity contribution in [3.05, 3.63) is 40.9 Å². The zero-order chi connectivity index (χ0) is 9.68. The van der Waals surface area contributed by atoms with E-state index in [2.05, 4.69) is 0 Å². The quantitative estimate of drug-likeness (QED) is 0.675. The van der Waals surface area contributed by atoms with Crippen molar-refractivity contribution >= 4 is 23.5 Å². The second-order valence-corrected chi connectivity index (χ2v) is 3.08. The molecular weight excluding hydrogens is 184 g/mol. The normalized spacial score (nSPS) is 10.6. The zero-order valence-electron chi connectivity index (χ0n) is 7.46. The molecule has 2 heteroatoms. The molecule has 0 fully saturated rings. The highest BCUT2D eigenvalue weighted by atomic mass is 35.5. The molecule has 0 saturated heterocycles. The van der Waals surface area contributed by atoms with E-state index in [1.165, 1.54) is 0 Å². The molecule has 1 rings (SSSR count). The smallest absolute Gasteiger partial charge is 0.155 e. The largest absolute Gasteiger partial charge is 0.295 e. The van der Waals surface area contributed by atoms with Crippen molar-refractivity contribution in [1.82, 2.24) is 0 Å². The van der Waals surface area contributed by atoms with E-state index in [1.54, 1.807) is 18.2 Å². The first-order valence-electron chi connectivity index (χ1n) is 4.19. The maximum atomic E-state index is 11.0. The molecule has 0 spiro atoms. The number of rotatable bonds is 3. The lowest BCUT2D eigenvalue weighted by Gasteiger charge is -1.95. The van der Waals surface area contributed by atoms with Crippen LogP contribution in [0.5, 0.6) is 0 Å². The molecule has 68 valence electrons. The SMILES string of the molecule is CCC(=O)C=Cc1ccccc1Cl. The van der Waals surface area contributed by atoms with Gasteiger partial charge in [-0.2, -0.15) is 0 Å². The average molecular weight is 195 g/mol. The number of carbonyl (C=O) groups is 1. The van der Waals surface area contributed by atoms with Gasteiger partial charge in [0, 0.05) is 11.4 Å². The summed E-state index contributed by atoms with van der Waals surface area (Å²) in [6.07, 6.45) is 3.83. The molecule has 0 aromatic heterocycles. The van der Waals surface area contributed by atoms with Crippen LogP contribution in [0.15, 0.2) is 30.3 Å². The Bertz CT molecular complexity index is 329. The first-order valence-corrected chi connectivity index (χ1v) is 4.57. The van der Waals surface area contributed by atoms with Crippen molar-refractivity contribution in [2.45, 2.75) is 13.3 Å². The molecule has 0 heterocycles. The summed E-state index contributed by atoms with van der Waals surface area (Å²) in [5.74, 6) is 0.111. The molecule has 0 bridgehead atoms. The van der Waals surface area contributed by atoms with Crippen LogP contribution in [0.25, 0.3) is 6.08 Å². The van der Waals surface area contributed by atoms with Crippen LogP contribution in [0.2, 0.25) is 5.02 Å². The van der Waals surface area contributed by atoms with Crippen LogP contribution in [0.1, 0.15) is 18.9 Å². The van der Waals surface area contributed by atoms with Crippen molar-refractivity contribution in [3.63, 3.8) is 0 Å². The second-order valence-electron chi connectivity index (χ2n) is 2.67. The Morgan fingerprint density at radius 1 is 1.46 bits per heavy atom. The van der Waals surface area contributed by atoms with Gasteiger partial charge in [0.05, 0.1) is 0 Å². The fraction of sp³-hybridized carbons (Fsp3) is 0.182. The summed E-state index contributed by atoms with van der Waals surface area (Å²) in [5.41, 5.74) is 0.881. The number of carbonyl (C=O) groups excluding carboxylic acids is 1. The zero-order valence-corrected chi connectivity index (χ0v) is 8.21. The molecule has 0 atom stereocenters. The van der Waals surface area contributed by atoms with E-state index < -0.39 is 0 Å². The van der Waals surface area contributed by atoms with Crippen LogP contribution in [0.4, 0.5) is 0 Å². The third-order valence-electron chi connectivity index (χ3n) is 1.70. The molecule has 0 unspecified atom stereocenters. The van der Waals surface area contributed by atoms with Crippen molar-refractivity contribution in [3.8, 4) is 0 Å². The van der Waals surface area contributed by atoms with Crippen LogP contribution in [-0.2, 0) is 4.79 Å². The number of allylic oxidation sites excluding steroid dienone is 1. The molecule has 0 radical (unpaired) electrons. The fourth-order valence-corrected chi connectivity index (χ4v) is 1.11. The Morgan fingerprint density at radius 3 is 2.77 bits per heavy atom. The second kappa shape index (κ2) is 4.83. The van der Waals surface area contributed by atoms with Gasteiger partial charge in [-0.15, -0.1) is 0 Å². The minimum Gasteiger partial charge on any atom is -0.295 e. The standard InChI is InChI=1S/C11H11ClO/c1-2-10(13)8-7-9-5-3-4-6-11(9)12/h3-8H,2H2,1H3. The van der Waals surface area contributed by atoms with Gasteiger partial charge in [0.15, 0.2) is 5.78 Å². The third-order valence-corrected chi connectivity index (χ3v) is 2.05. The minimum absolute atomic E-state index is 0.111.